The topological polar surface area (TPSA) is 3.24 Å². The molecule has 1 nitrogen and oxygen atoms in total. The van der Waals surface area contributed by atoms with Crippen LogP contribution in [0.3, 0.4) is 0 Å². The molecule has 2 rings (SSSR count). The van der Waals surface area contributed by atoms with E-state index in [1.54, 1.807) is 19.0 Å². The van der Waals surface area contributed by atoms with Gasteiger partial charge in [-0.25, -0.2) is 13.2 Å². The largest absolute Gasteiger partial charge is 0.367 e. The third-order valence-electron chi connectivity index (χ3n) is 3.82. The Balaban J connectivity index is 2.29. The summed E-state index contributed by atoms with van der Waals surface area (Å²) in [7, 11) is 7.18. The van der Waals surface area contributed by atoms with E-state index in [0.717, 1.165) is 6.07 Å². The van der Waals surface area contributed by atoms with Gasteiger partial charge in [0.25, 0.3) is 0 Å². The average molecular weight is 326 g/mol. The van der Waals surface area contributed by atoms with E-state index in [2.05, 4.69) is 6.58 Å². The highest BCUT2D eigenvalue weighted by Crippen LogP contribution is 2.20. The van der Waals surface area contributed by atoms with Gasteiger partial charge in [0.05, 0.1) is 0 Å². The van der Waals surface area contributed by atoms with Crippen LogP contribution < -0.4 is 10.9 Å². The first-order chi connectivity index (χ1) is 11.3. The van der Waals surface area contributed by atoms with Crippen LogP contribution in [0.4, 0.5) is 13.2 Å². The van der Waals surface area contributed by atoms with E-state index in [-0.39, 0.29) is 5.46 Å². The maximum atomic E-state index is 13.7. The summed E-state index contributed by atoms with van der Waals surface area (Å²) in [4.78, 5) is 1.85. The molecule has 0 heterocycles. The van der Waals surface area contributed by atoms with Gasteiger partial charge < -0.3 is 4.90 Å². The molecule has 0 aliphatic rings. The quantitative estimate of drug-likeness (QED) is 0.738. The molecule has 0 unspecified atom stereocenters. The van der Waals surface area contributed by atoms with Crippen molar-refractivity contribution >= 4 is 31.7 Å². The van der Waals surface area contributed by atoms with Gasteiger partial charge >= 0.3 is 0 Å². The minimum atomic E-state index is -0.891. The van der Waals surface area contributed by atoms with Crippen LogP contribution in [0, 0.1) is 17.5 Å². The van der Waals surface area contributed by atoms with Crippen LogP contribution in [-0.2, 0) is 6.54 Å². The molecule has 0 aliphatic carbocycles. The molecule has 0 amide bonds. The maximum absolute atomic E-state index is 13.7. The predicted molar refractivity (Wildman–Crippen MR) is 94.5 cm³/mol. The van der Waals surface area contributed by atoms with E-state index in [1.807, 2.05) is 11.8 Å². The van der Waals surface area contributed by atoms with E-state index < -0.39 is 17.5 Å². The van der Waals surface area contributed by atoms with Crippen LogP contribution in [-0.4, -0.2) is 26.6 Å². The van der Waals surface area contributed by atoms with Crippen molar-refractivity contribution in [3.63, 3.8) is 0 Å². The zero-order chi connectivity index (χ0) is 17.9. The molecule has 2 aromatic carbocycles. The fraction of sp³-hybridized carbons (Fsp3) is 0.222. The Morgan fingerprint density at radius 3 is 2.46 bits per heavy atom. The lowest BCUT2D eigenvalue weighted by Crippen LogP contribution is -2.24. The molecule has 0 aromatic heterocycles. The van der Waals surface area contributed by atoms with Crippen molar-refractivity contribution in [2.75, 3.05) is 6.54 Å². The lowest BCUT2D eigenvalue weighted by Gasteiger charge is -2.26. The number of rotatable bonds is 6. The molecular weight excluding hydrogens is 309 g/mol. The second kappa shape index (κ2) is 7.65. The van der Waals surface area contributed by atoms with Gasteiger partial charge in [0.15, 0.2) is 18.9 Å². The average Bonchev–Trinajstić information content (AvgIpc) is 2.54. The second-order valence-electron chi connectivity index (χ2n) is 5.50. The molecule has 0 aliphatic heterocycles. The van der Waals surface area contributed by atoms with Gasteiger partial charge in [0.2, 0.25) is 0 Å². The van der Waals surface area contributed by atoms with Crippen LogP contribution in [0.5, 0.6) is 0 Å². The first kappa shape index (κ1) is 18.2. The van der Waals surface area contributed by atoms with Crippen LogP contribution in [0.25, 0.3) is 5.70 Å². The zero-order valence-electron chi connectivity index (χ0n) is 13.7. The van der Waals surface area contributed by atoms with Gasteiger partial charge in [0.1, 0.15) is 13.7 Å². The van der Waals surface area contributed by atoms with Crippen molar-refractivity contribution < 1.29 is 13.2 Å². The SMILES string of the molecule is [B]c1cc(F)cc(C(=C)N(CC)Cc2cc(F)c(F)c([B]C)c2)c1. The smallest absolute Gasteiger partial charge is 0.158 e. The predicted octanol–water partition coefficient (Wildman–Crippen LogP) is 2.77. The highest BCUT2D eigenvalue weighted by atomic mass is 19.2. The normalized spacial score (nSPS) is 10.5. The Labute approximate surface area is 142 Å². The van der Waals surface area contributed by atoms with Gasteiger partial charge in [-0.2, -0.15) is 0 Å². The summed E-state index contributed by atoms with van der Waals surface area (Å²) < 4.78 is 40.9. The second-order valence-corrected chi connectivity index (χ2v) is 5.50. The van der Waals surface area contributed by atoms with Gasteiger partial charge in [-0.15, -0.1) is 0 Å². The summed E-state index contributed by atoms with van der Waals surface area (Å²) in [5, 5.41) is 0. The minimum absolute atomic E-state index is 0.210. The minimum Gasteiger partial charge on any atom is -0.367 e. The fourth-order valence-corrected chi connectivity index (χ4v) is 2.55. The molecule has 0 N–H and O–H groups in total. The molecule has 2 aromatic rings. The highest BCUT2D eigenvalue weighted by molar-refractivity contribution is 6.52. The molecule has 0 saturated heterocycles. The summed E-state index contributed by atoms with van der Waals surface area (Å²) in [5.74, 6) is -2.20. The molecule has 3 radical (unpaired) electrons. The van der Waals surface area contributed by atoms with E-state index >= 15 is 0 Å². The van der Waals surface area contributed by atoms with E-state index in [4.69, 9.17) is 7.85 Å². The maximum Gasteiger partial charge on any atom is 0.158 e. The van der Waals surface area contributed by atoms with Crippen molar-refractivity contribution in [3.05, 3.63) is 65.5 Å². The molecule has 0 fully saturated rings. The van der Waals surface area contributed by atoms with E-state index in [1.165, 1.54) is 19.4 Å². The number of hydrogen-bond donors (Lipinski definition) is 0. The van der Waals surface area contributed by atoms with Crippen LogP contribution in [0.1, 0.15) is 18.1 Å². The number of benzene rings is 2. The Hall–Kier alpha value is -2.10. The summed E-state index contributed by atoms with van der Waals surface area (Å²) >= 11 is 0. The molecule has 121 valence electrons. The van der Waals surface area contributed by atoms with E-state index in [0.29, 0.717) is 35.4 Å². The highest BCUT2D eigenvalue weighted by Gasteiger charge is 2.14. The van der Waals surface area contributed by atoms with E-state index in [9.17, 15) is 13.2 Å². The summed E-state index contributed by atoms with van der Waals surface area (Å²) in [6, 6.07) is 6.96. The first-order valence-electron chi connectivity index (χ1n) is 7.63. The molecule has 6 heteroatoms. The molecular formula is C18H17B2F3N. The zero-order valence-corrected chi connectivity index (χ0v) is 13.7. The Bertz CT molecular complexity index is 742. The number of halogens is 3. The van der Waals surface area contributed by atoms with Gasteiger partial charge in [-0.3, -0.25) is 0 Å². The summed E-state index contributed by atoms with van der Waals surface area (Å²) in [6.07, 6.45) is 0. The monoisotopic (exact) mass is 326 g/mol. The van der Waals surface area contributed by atoms with Crippen molar-refractivity contribution in [1.82, 2.24) is 4.90 Å². The van der Waals surface area contributed by atoms with Crippen LogP contribution >= 0.6 is 0 Å². The lowest BCUT2D eigenvalue weighted by molar-refractivity contribution is 0.410. The van der Waals surface area contributed by atoms with Crippen molar-refractivity contribution in [1.29, 1.82) is 0 Å². The van der Waals surface area contributed by atoms with Gasteiger partial charge in [0, 0.05) is 18.8 Å². The first-order valence-corrected chi connectivity index (χ1v) is 7.63. The van der Waals surface area contributed by atoms with Gasteiger partial charge in [-0.1, -0.05) is 31.0 Å². The molecule has 24 heavy (non-hydrogen) atoms. The Morgan fingerprint density at radius 2 is 1.88 bits per heavy atom. The molecule has 0 saturated carbocycles. The van der Waals surface area contributed by atoms with Gasteiger partial charge in [-0.05, 0) is 41.7 Å². The van der Waals surface area contributed by atoms with Crippen molar-refractivity contribution in [2.45, 2.75) is 20.3 Å². The standard InChI is InChI=1S/C18H17B2F3N/c1-4-24(11(2)13-7-14(19)9-15(21)8-13)10-12-5-16(20-3)18(23)17(22)6-12/h5-9H,2,4,10H2,1,3H3. The fourth-order valence-electron chi connectivity index (χ4n) is 2.55. The third-order valence-corrected chi connectivity index (χ3v) is 3.82. The van der Waals surface area contributed by atoms with Crippen molar-refractivity contribution in [3.8, 4) is 0 Å². The third kappa shape index (κ3) is 4.05. The number of hydrogen-bond acceptors (Lipinski definition) is 1. The molecule has 0 spiro atoms. The summed E-state index contributed by atoms with van der Waals surface area (Å²) in [5.41, 5.74) is 2.24. The lowest BCUT2D eigenvalue weighted by atomic mass is 9.72. The Morgan fingerprint density at radius 1 is 1.17 bits per heavy atom. The molecule has 0 bridgehead atoms. The number of nitrogens with zero attached hydrogens (tertiary/aromatic N) is 1. The van der Waals surface area contributed by atoms with Crippen LogP contribution in [0.15, 0.2) is 36.9 Å². The van der Waals surface area contributed by atoms with Crippen molar-refractivity contribution in [2.24, 2.45) is 0 Å². The Kier molecular flexibility index (Phi) is 5.81. The summed E-state index contributed by atoms with van der Waals surface area (Å²) in [6.45, 7) is 8.43. The van der Waals surface area contributed by atoms with Crippen LogP contribution in [0.2, 0.25) is 6.82 Å². The molecule has 0 atom stereocenters.